The van der Waals surface area contributed by atoms with Crippen molar-refractivity contribution in [1.29, 1.82) is 0 Å². The van der Waals surface area contributed by atoms with E-state index in [0.29, 0.717) is 28.3 Å². The molecular formula is C12H19ClN4. The van der Waals surface area contributed by atoms with Crippen LogP contribution < -0.4 is 11.1 Å². The van der Waals surface area contributed by atoms with E-state index in [1.807, 2.05) is 0 Å². The van der Waals surface area contributed by atoms with Crippen molar-refractivity contribution in [2.24, 2.45) is 16.7 Å². The molecule has 5 heteroatoms. The smallest absolute Gasteiger partial charge is 0.224 e. The maximum Gasteiger partial charge on any atom is 0.224 e. The summed E-state index contributed by atoms with van der Waals surface area (Å²) in [6.45, 7) is 10.0. The van der Waals surface area contributed by atoms with Gasteiger partial charge in [-0.1, -0.05) is 27.7 Å². The van der Waals surface area contributed by atoms with Gasteiger partial charge in [-0.3, -0.25) is 0 Å². The molecule has 1 aliphatic rings. The number of rotatable bonds is 3. The van der Waals surface area contributed by atoms with E-state index in [-0.39, 0.29) is 5.28 Å². The van der Waals surface area contributed by atoms with Crippen molar-refractivity contribution in [3.8, 4) is 0 Å². The number of aromatic nitrogens is 2. The Bertz CT molecular complexity index is 428. The molecule has 2 rings (SSSR count). The first kappa shape index (κ1) is 12.4. The van der Waals surface area contributed by atoms with Crippen LogP contribution in [0.4, 0.5) is 11.5 Å². The first-order chi connectivity index (χ1) is 7.76. The lowest BCUT2D eigenvalue weighted by molar-refractivity contribution is 0.457. The molecular weight excluding hydrogens is 236 g/mol. The molecule has 1 aromatic heterocycles. The zero-order valence-electron chi connectivity index (χ0n) is 10.7. The molecule has 1 saturated carbocycles. The zero-order chi connectivity index (χ0) is 12.8. The van der Waals surface area contributed by atoms with E-state index in [1.165, 1.54) is 6.20 Å². The maximum absolute atomic E-state index is 5.79. The SMILES string of the molecule is CC1(C)C(CNc2nc(Cl)ncc2N)C1(C)C. The van der Waals surface area contributed by atoms with Gasteiger partial charge in [0, 0.05) is 6.54 Å². The van der Waals surface area contributed by atoms with E-state index in [9.17, 15) is 0 Å². The van der Waals surface area contributed by atoms with Gasteiger partial charge in [0.15, 0.2) is 5.82 Å². The molecule has 0 unspecified atom stereocenters. The van der Waals surface area contributed by atoms with Crippen LogP contribution in [0.15, 0.2) is 6.20 Å². The predicted octanol–water partition coefficient (Wildman–Crippen LogP) is 2.81. The topological polar surface area (TPSA) is 63.8 Å². The Morgan fingerprint density at radius 1 is 1.35 bits per heavy atom. The van der Waals surface area contributed by atoms with Crippen LogP contribution in [0.5, 0.6) is 0 Å². The molecule has 0 bridgehead atoms. The highest BCUT2D eigenvalue weighted by Gasteiger charge is 2.64. The quantitative estimate of drug-likeness (QED) is 0.815. The normalized spacial score (nSPS) is 21.2. The van der Waals surface area contributed by atoms with Crippen molar-refractivity contribution < 1.29 is 0 Å². The minimum absolute atomic E-state index is 0.219. The van der Waals surface area contributed by atoms with E-state index in [4.69, 9.17) is 17.3 Å². The van der Waals surface area contributed by atoms with Crippen molar-refractivity contribution in [2.45, 2.75) is 27.7 Å². The summed E-state index contributed by atoms with van der Waals surface area (Å²) in [7, 11) is 0. The molecule has 0 atom stereocenters. The average Bonchev–Trinajstić information content (AvgIpc) is 2.60. The van der Waals surface area contributed by atoms with E-state index in [1.54, 1.807) is 0 Å². The van der Waals surface area contributed by atoms with Gasteiger partial charge in [-0.25, -0.2) is 4.98 Å². The van der Waals surface area contributed by atoms with Gasteiger partial charge in [-0.2, -0.15) is 4.98 Å². The fraction of sp³-hybridized carbons (Fsp3) is 0.667. The summed E-state index contributed by atoms with van der Waals surface area (Å²) in [5.74, 6) is 1.24. The first-order valence-corrected chi connectivity index (χ1v) is 6.16. The van der Waals surface area contributed by atoms with E-state index in [0.717, 1.165) is 6.54 Å². The molecule has 0 aliphatic heterocycles. The number of nitrogens with one attached hydrogen (secondary N) is 1. The van der Waals surface area contributed by atoms with Gasteiger partial charge >= 0.3 is 0 Å². The van der Waals surface area contributed by atoms with Crippen LogP contribution >= 0.6 is 11.6 Å². The first-order valence-electron chi connectivity index (χ1n) is 5.78. The van der Waals surface area contributed by atoms with Crippen molar-refractivity contribution >= 4 is 23.1 Å². The minimum atomic E-state index is 0.219. The Balaban J connectivity index is 2.03. The third kappa shape index (κ3) is 1.95. The molecule has 4 nitrogen and oxygen atoms in total. The molecule has 17 heavy (non-hydrogen) atoms. The average molecular weight is 255 g/mol. The van der Waals surface area contributed by atoms with Crippen molar-refractivity contribution in [3.63, 3.8) is 0 Å². The number of nitrogens with zero attached hydrogens (tertiary/aromatic N) is 2. The molecule has 0 amide bonds. The Morgan fingerprint density at radius 2 is 1.94 bits per heavy atom. The molecule has 0 spiro atoms. The summed E-state index contributed by atoms with van der Waals surface area (Å²) in [5.41, 5.74) is 7.02. The fourth-order valence-corrected chi connectivity index (χ4v) is 2.69. The lowest BCUT2D eigenvalue weighted by Gasteiger charge is -2.08. The Labute approximate surface area is 107 Å². The molecule has 1 heterocycles. The van der Waals surface area contributed by atoms with Crippen LogP contribution in [0, 0.1) is 16.7 Å². The van der Waals surface area contributed by atoms with Gasteiger partial charge in [0.1, 0.15) is 0 Å². The number of nitrogens with two attached hydrogens (primary N) is 1. The molecule has 3 N–H and O–H groups in total. The number of hydrogen-bond donors (Lipinski definition) is 2. The van der Waals surface area contributed by atoms with Crippen molar-refractivity contribution in [2.75, 3.05) is 17.6 Å². The summed E-state index contributed by atoms with van der Waals surface area (Å²) in [6, 6.07) is 0. The molecule has 1 aliphatic carbocycles. The van der Waals surface area contributed by atoms with Crippen LogP contribution in [-0.4, -0.2) is 16.5 Å². The van der Waals surface area contributed by atoms with Crippen LogP contribution in [-0.2, 0) is 0 Å². The Hall–Kier alpha value is -1.03. The van der Waals surface area contributed by atoms with Crippen molar-refractivity contribution in [1.82, 2.24) is 9.97 Å². The maximum atomic E-state index is 5.79. The van der Waals surface area contributed by atoms with Gasteiger partial charge in [0.2, 0.25) is 5.28 Å². The second kappa shape index (κ2) is 3.73. The van der Waals surface area contributed by atoms with Gasteiger partial charge in [0.25, 0.3) is 0 Å². The summed E-state index contributed by atoms with van der Waals surface area (Å²) < 4.78 is 0. The zero-order valence-corrected chi connectivity index (χ0v) is 11.5. The summed E-state index contributed by atoms with van der Waals surface area (Å²) in [4.78, 5) is 7.91. The lowest BCUT2D eigenvalue weighted by Crippen LogP contribution is -2.11. The summed E-state index contributed by atoms with van der Waals surface area (Å²) in [5, 5.41) is 3.48. The number of anilines is 2. The number of halogens is 1. The summed E-state index contributed by atoms with van der Waals surface area (Å²) >= 11 is 5.74. The molecule has 1 fully saturated rings. The third-order valence-corrected chi connectivity index (χ3v) is 4.76. The molecule has 1 aromatic rings. The van der Waals surface area contributed by atoms with Crippen molar-refractivity contribution in [3.05, 3.63) is 11.5 Å². The fourth-order valence-electron chi connectivity index (χ4n) is 2.55. The standard InChI is InChI=1S/C12H19ClN4/c1-11(2)8(12(11,3)4)6-15-9-7(14)5-16-10(13)17-9/h5,8H,6,14H2,1-4H3,(H,15,16,17). The predicted molar refractivity (Wildman–Crippen MR) is 71.0 cm³/mol. The van der Waals surface area contributed by atoms with Crippen LogP contribution in [0.1, 0.15) is 27.7 Å². The second-order valence-corrected chi connectivity index (χ2v) is 6.16. The monoisotopic (exact) mass is 254 g/mol. The molecule has 0 radical (unpaired) electrons. The van der Waals surface area contributed by atoms with Gasteiger partial charge in [-0.05, 0) is 28.3 Å². The van der Waals surface area contributed by atoms with Crippen LogP contribution in [0.3, 0.4) is 0 Å². The Morgan fingerprint density at radius 3 is 2.47 bits per heavy atom. The number of nitrogen functional groups attached to an aromatic ring is 1. The third-order valence-electron chi connectivity index (χ3n) is 4.58. The van der Waals surface area contributed by atoms with Gasteiger partial charge in [-0.15, -0.1) is 0 Å². The van der Waals surface area contributed by atoms with Gasteiger partial charge < -0.3 is 11.1 Å². The van der Waals surface area contributed by atoms with E-state index in [2.05, 4.69) is 43.0 Å². The van der Waals surface area contributed by atoms with Gasteiger partial charge in [0.05, 0.1) is 11.9 Å². The summed E-state index contributed by atoms with van der Waals surface area (Å²) in [6.07, 6.45) is 1.53. The molecule has 0 aromatic carbocycles. The van der Waals surface area contributed by atoms with Crippen LogP contribution in [0.25, 0.3) is 0 Å². The van der Waals surface area contributed by atoms with E-state index >= 15 is 0 Å². The second-order valence-electron chi connectivity index (χ2n) is 5.82. The highest BCUT2D eigenvalue weighted by molar-refractivity contribution is 6.28. The molecule has 0 saturated heterocycles. The largest absolute Gasteiger partial charge is 0.394 e. The highest BCUT2D eigenvalue weighted by Crippen LogP contribution is 2.68. The highest BCUT2D eigenvalue weighted by atomic mass is 35.5. The van der Waals surface area contributed by atoms with Crippen LogP contribution in [0.2, 0.25) is 5.28 Å². The van der Waals surface area contributed by atoms with E-state index < -0.39 is 0 Å². The Kier molecular flexibility index (Phi) is 2.73. The number of hydrogen-bond acceptors (Lipinski definition) is 4. The molecule has 94 valence electrons. The minimum Gasteiger partial charge on any atom is -0.394 e. The lowest BCUT2D eigenvalue weighted by atomic mass is 10.0.